The van der Waals surface area contributed by atoms with E-state index in [1.807, 2.05) is 0 Å². The van der Waals surface area contributed by atoms with Crippen LogP contribution >= 0.6 is 0 Å². The molecule has 0 aliphatic carbocycles. The number of nitrogens with one attached hydrogen (secondary N) is 2. The molecule has 0 saturated carbocycles. The van der Waals surface area contributed by atoms with Crippen LogP contribution in [-0.2, 0) is 0 Å². The smallest absolute Gasteiger partial charge is 0.337 e. The maximum absolute atomic E-state index is 11.2. The molecule has 2 aromatic rings. The van der Waals surface area contributed by atoms with Crippen LogP contribution < -0.4 is 10.6 Å². The van der Waals surface area contributed by atoms with E-state index in [1.165, 1.54) is 0 Å². The molecule has 0 fully saturated rings. The van der Waals surface area contributed by atoms with Gasteiger partial charge in [-0.2, -0.15) is 0 Å². The number of rotatable bonds is 6. The molecule has 0 aliphatic rings. The Balaban J connectivity index is 2.27. The van der Waals surface area contributed by atoms with E-state index in [2.05, 4.69) is 27.5 Å². The highest BCUT2D eigenvalue weighted by Gasteiger charge is 2.10. The minimum atomic E-state index is -0.979. The first-order chi connectivity index (χ1) is 10.1. The zero-order valence-corrected chi connectivity index (χ0v) is 12.1. The molecule has 0 unspecified atom stereocenters. The fourth-order valence-corrected chi connectivity index (χ4v) is 1.89. The zero-order chi connectivity index (χ0) is 15.2. The molecule has 6 nitrogen and oxygen atoms in total. The van der Waals surface area contributed by atoms with Crippen LogP contribution in [-0.4, -0.2) is 27.6 Å². The minimum Gasteiger partial charge on any atom is -0.478 e. The molecule has 1 heterocycles. The molecule has 0 spiro atoms. The number of para-hydroxylation sites is 1. The van der Waals surface area contributed by atoms with Crippen molar-refractivity contribution in [3.8, 4) is 0 Å². The summed E-state index contributed by atoms with van der Waals surface area (Å²) in [5.74, 6) is 0.925. The van der Waals surface area contributed by atoms with Crippen molar-refractivity contribution in [1.82, 2.24) is 9.97 Å². The first-order valence-electron chi connectivity index (χ1n) is 6.79. The van der Waals surface area contributed by atoms with E-state index >= 15 is 0 Å². The Kier molecular flexibility index (Phi) is 4.71. The summed E-state index contributed by atoms with van der Waals surface area (Å²) in [5.41, 5.74) is 0.710. The van der Waals surface area contributed by atoms with Crippen LogP contribution in [0.4, 0.5) is 17.3 Å². The molecule has 110 valence electrons. The second-order valence-corrected chi connectivity index (χ2v) is 4.59. The summed E-state index contributed by atoms with van der Waals surface area (Å²) >= 11 is 0. The van der Waals surface area contributed by atoms with Crippen LogP contribution in [0.2, 0.25) is 0 Å². The van der Waals surface area contributed by atoms with Crippen molar-refractivity contribution in [2.75, 3.05) is 17.2 Å². The summed E-state index contributed by atoms with van der Waals surface area (Å²) in [6, 6.07) is 8.49. The van der Waals surface area contributed by atoms with Gasteiger partial charge in [-0.15, -0.1) is 0 Å². The van der Waals surface area contributed by atoms with Crippen LogP contribution in [0.1, 0.15) is 29.5 Å². The van der Waals surface area contributed by atoms with Crippen LogP contribution in [0.25, 0.3) is 0 Å². The van der Waals surface area contributed by atoms with Gasteiger partial charge in [-0.3, -0.25) is 0 Å². The molecule has 1 aromatic carbocycles. The maximum Gasteiger partial charge on any atom is 0.337 e. The monoisotopic (exact) mass is 286 g/mol. The number of carboxylic acid groups (broad SMARTS) is 1. The van der Waals surface area contributed by atoms with E-state index in [0.29, 0.717) is 17.3 Å². The van der Waals surface area contributed by atoms with Gasteiger partial charge in [0.2, 0.25) is 0 Å². The predicted molar refractivity (Wildman–Crippen MR) is 82.2 cm³/mol. The van der Waals surface area contributed by atoms with Crippen molar-refractivity contribution in [2.45, 2.75) is 20.3 Å². The first-order valence-corrected chi connectivity index (χ1v) is 6.79. The third-order valence-corrected chi connectivity index (χ3v) is 2.81. The van der Waals surface area contributed by atoms with Gasteiger partial charge in [0.1, 0.15) is 17.5 Å². The fraction of sp³-hybridized carbons (Fsp3) is 0.267. The summed E-state index contributed by atoms with van der Waals surface area (Å²) in [6.07, 6.45) is 0.994. The Labute approximate surface area is 123 Å². The summed E-state index contributed by atoms with van der Waals surface area (Å²) < 4.78 is 0. The third-order valence-electron chi connectivity index (χ3n) is 2.81. The number of carboxylic acids is 1. The molecule has 6 heteroatoms. The number of hydrogen-bond acceptors (Lipinski definition) is 5. The van der Waals surface area contributed by atoms with Crippen molar-refractivity contribution >= 4 is 23.3 Å². The quantitative estimate of drug-likeness (QED) is 0.756. The van der Waals surface area contributed by atoms with E-state index in [9.17, 15) is 9.90 Å². The number of benzene rings is 1. The second kappa shape index (κ2) is 6.69. The Bertz CT molecular complexity index is 643. The Morgan fingerprint density at radius 3 is 2.67 bits per heavy atom. The molecule has 0 radical (unpaired) electrons. The topological polar surface area (TPSA) is 87.1 Å². The molecule has 21 heavy (non-hydrogen) atoms. The van der Waals surface area contributed by atoms with E-state index in [-0.39, 0.29) is 5.56 Å². The summed E-state index contributed by atoms with van der Waals surface area (Å²) in [6.45, 7) is 4.69. The number of aryl methyl sites for hydroxylation is 1. The van der Waals surface area contributed by atoms with Crippen molar-refractivity contribution < 1.29 is 9.90 Å². The van der Waals surface area contributed by atoms with Gasteiger partial charge >= 0.3 is 5.97 Å². The standard InChI is InChI=1S/C15H18N4O2/c1-3-8-16-13-9-14(18-10(2)17-13)19-12-7-5-4-6-11(12)15(20)21/h4-7,9H,3,8H2,1-2H3,(H,20,21)(H2,16,17,18,19). The Morgan fingerprint density at radius 1 is 1.24 bits per heavy atom. The Morgan fingerprint density at radius 2 is 1.95 bits per heavy atom. The van der Waals surface area contributed by atoms with Gasteiger partial charge in [-0.05, 0) is 25.5 Å². The van der Waals surface area contributed by atoms with E-state index in [0.717, 1.165) is 18.8 Å². The highest BCUT2D eigenvalue weighted by atomic mass is 16.4. The lowest BCUT2D eigenvalue weighted by molar-refractivity contribution is 0.0698. The first kappa shape index (κ1) is 14.8. The second-order valence-electron chi connectivity index (χ2n) is 4.59. The highest BCUT2D eigenvalue weighted by Crippen LogP contribution is 2.21. The molecule has 1 aromatic heterocycles. The predicted octanol–water partition coefficient (Wildman–Crippen LogP) is 3.05. The van der Waals surface area contributed by atoms with Gasteiger partial charge in [-0.25, -0.2) is 14.8 Å². The molecule has 0 aliphatic heterocycles. The van der Waals surface area contributed by atoms with Crippen LogP contribution in [0.5, 0.6) is 0 Å². The van der Waals surface area contributed by atoms with Gasteiger partial charge < -0.3 is 15.7 Å². The molecule has 3 N–H and O–H groups in total. The average Bonchev–Trinajstić information content (AvgIpc) is 2.45. The molecule has 2 rings (SSSR count). The van der Waals surface area contributed by atoms with Crippen LogP contribution in [0.15, 0.2) is 30.3 Å². The van der Waals surface area contributed by atoms with Crippen LogP contribution in [0.3, 0.4) is 0 Å². The van der Waals surface area contributed by atoms with E-state index in [1.54, 1.807) is 37.3 Å². The van der Waals surface area contributed by atoms with Gasteiger partial charge in [0.05, 0.1) is 11.3 Å². The normalized spacial score (nSPS) is 10.2. The van der Waals surface area contributed by atoms with E-state index in [4.69, 9.17) is 0 Å². The summed E-state index contributed by atoms with van der Waals surface area (Å²) in [5, 5.41) is 15.4. The summed E-state index contributed by atoms with van der Waals surface area (Å²) in [4.78, 5) is 19.8. The molecule has 0 bridgehead atoms. The van der Waals surface area contributed by atoms with Gasteiger partial charge in [0.25, 0.3) is 0 Å². The fourth-order valence-electron chi connectivity index (χ4n) is 1.89. The summed E-state index contributed by atoms with van der Waals surface area (Å²) in [7, 11) is 0. The molecule has 0 saturated heterocycles. The van der Waals surface area contributed by atoms with Gasteiger partial charge in [0.15, 0.2) is 0 Å². The SMILES string of the molecule is CCCNc1cc(Nc2ccccc2C(=O)O)nc(C)n1. The lowest BCUT2D eigenvalue weighted by atomic mass is 10.2. The molecule has 0 atom stereocenters. The van der Waals surface area contributed by atoms with E-state index < -0.39 is 5.97 Å². The molecular formula is C15H18N4O2. The number of nitrogens with zero attached hydrogens (tertiary/aromatic N) is 2. The van der Waals surface area contributed by atoms with Crippen molar-refractivity contribution in [3.63, 3.8) is 0 Å². The van der Waals surface area contributed by atoms with Gasteiger partial charge in [-0.1, -0.05) is 19.1 Å². The number of carbonyl (C=O) groups is 1. The maximum atomic E-state index is 11.2. The highest BCUT2D eigenvalue weighted by molar-refractivity contribution is 5.95. The number of aromatic nitrogens is 2. The average molecular weight is 286 g/mol. The number of aromatic carboxylic acids is 1. The van der Waals surface area contributed by atoms with Crippen molar-refractivity contribution in [1.29, 1.82) is 0 Å². The van der Waals surface area contributed by atoms with Gasteiger partial charge in [0, 0.05) is 12.6 Å². The number of anilines is 3. The van der Waals surface area contributed by atoms with Crippen molar-refractivity contribution in [2.24, 2.45) is 0 Å². The van der Waals surface area contributed by atoms with Crippen molar-refractivity contribution in [3.05, 3.63) is 41.7 Å². The lowest BCUT2D eigenvalue weighted by Crippen LogP contribution is -2.07. The Hall–Kier alpha value is -2.63. The molecule has 0 amide bonds. The largest absolute Gasteiger partial charge is 0.478 e. The zero-order valence-electron chi connectivity index (χ0n) is 12.1. The minimum absolute atomic E-state index is 0.205. The number of hydrogen-bond donors (Lipinski definition) is 3. The van der Waals surface area contributed by atoms with Crippen LogP contribution in [0, 0.1) is 6.92 Å². The molecular weight excluding hydrogens is 268 g/mol. The lowest BCUT2D eigenvalue weighted by Gasteiger charge is -2.11. The third kappa shape index (κ3) is 3.92.